The predicted molar refractivity (Wildman–Crippen MR) is 119 cm³/mol. The van der Waals surface area contributed by atoms with Gasteiger partial charge in [-0.15, -0.1) is 0 Å². The molecule has 1 aliphatic rings. The summed E-state index contributed by atoms with van der Waals surface area (Å²) in [4.78, 5) is 22.0. The van der Waals surface area contributed by atoms with Gasteiger partial charge in [0.15, 0.2) is 11.6 Å². The Morgan fingerprint density at radius 3 is 2.36 bits per heavy atom. The van der Waals surface area contributed by atoms with E-state index in [1.54, 1.807) is 35.4 Å². The van der Waals surface area contributed by atoms with Crippen molar-refractivity contribution in [1.82, 2.24) is 19.2 Å². The van der Waals surface area contributed by atoms with Crippen molar-refractivity contribution in [3.8, 4) is 11.5 Å². The average molecular weight is 469 g/mol. The summed E-state index contributed by atoms with van der Waals surface area (Å²) >= 11 is 0. The molecule has 1 fully saturated rings. The van der Waals surface area contributed by atoms with E-state index < -0.39 is 15.8 Å². The third-order valence-electron chi connectivity index (χ3n) is 5.06. The molecular weight excluding hydrogens is 447 g/mol. The van der Waals surface area contributed by atoms with Gasteiger partial charge in [-0.05, 0) is 48.0 Å². The molecule has 33 heavy (non-hydrogen) atoms. The van der Waals surface area contributed by atoms with Crippen molar-refractivity contribution in [2.75, 3.05) is 26.2 Å². The second kappa shape index (κ2) is 9.88. The first-order valence-corrected chi connectivity index (χ1v) is 11.6. The van der Waals surface area contributed by atoms with Gasteiger partial charge in [-0.25, -0.2) is 12.8 Å². The smallest absolute Gasteiger partial charge is 0.246 e. The third-order valence-corrected chi connectivity index (χ3v) is 6.94. The molecule has 3 aromatic rings. The molecule has 1 saturated heterocycles. The van der Waals surface area contributed by atoms with E-state index in [-0.39, 0.29) is 42.7 Å². The minimum atomic E-state index is -3.64. The zero-order valence-corrected chi connectivity index (χ0v) is 18.4. The van der Waals surface area contributed by atoms with E-state index in [0.717, 1.165) is 0 Å². The predicted octanol–water partition coefficient (Wildman–Crippen LogP) is 2.95. The van der Waals surface area contributed by atoms with Gasteiger partial charge >= 0.3 is 0 Å². The molecule has 8 nitrogen and oxygen atoms in total. The summed E-state index contributed by atoms with van der Waals surface area (Å²) in [5.41, 5.74) is 0.497. The number of hydrogen-bond acceptors (Lipinski definition) is 6. The van der Waals surface area contributed by atoms with Crippen LogP contribution in [-0.2, 0) is 14.8 Å². The van der Waals surface area contributed by atoms with Crippen LogP contribution in [0.2, 0.25) is 0 Å². The van der Waals surface area contributed by atoms with Crippen LogP contribution in [0.5, 0.6) is 11.5 Å². The van der Waals surface area contributed by atoms with Crippen LogP contribution >= 0.6 is 0 Å². The summed E-state index contributed by atoms with van der Waals surface area (Å²) in [6.07, 6.45) is 8.75. The quantitative estimate of drug-likeness (QED) is 0.517. The Balaban J connectivity index is 1.34. The number of rotatable bonds is 6. The maximum absolute atomic E-state index is 14.4. The number of sulfonamides is 1. The minimum Gasteiger partial charge on any atom is -0.453 e. The molecule has 0 atom stereocenters. The molecule has 0 saturated carbocycles. The third kappa shape index (κ3) is 5.41. The van der Waals surface area contributed by atoms with Crippen LogP contribution in [0, 0.1) is 5.82 Å². The van der Waals surface area contributed by atoms with Gasteiger partial charge in [-0.3, -0.25) is 14.8 Å². The lowest BCUT2D eigenvalue weighted by Crippen LogP contribution is -2.50. The Hall–Kier alpha value is -3.63. The van der Waals surface area contributed by atoms with Gasteiger partial charge in [0.1, 0.15) is 10.6 Å². The van der Waals surface area contributed by atoms with Gasteiger partial charge in [0.05, 0.1) is 6.20 Å². The van der Waals surface area contributed by atoms with Crippen molar-refractivity contribution in [3.05, 3.63) is 84.7 Å². The second-order valence-corrected chi connectivity index (χ2v) is 9.17. The highest BCUT2D eigenvalue weighted by Crippen LogP contribution is 2.25. The molecule has 0 radical (unpaired) electrons. The summed E-state index contributed by atoms with van der Waals surface area (Å²) in [7, 11) is -3.64. The summed E-state index contributed by atoms with van der Waals surface area (Å²) in [6.45, 7) is 0.890. The molecular formula is C23H21FN4O4S. The fourth-order valence-electron chi connectivity index (χ4n) is 3.31. The molecule has 170 valence electrons. The first-order chi connectivity index (χ1) is 15.9. The SMILES string of the molecule is O=C(/C=C/c1ccc(Oc2cccnc2)c(F)c1)N1CCN(S(=O)(=O)c2cccnc2)CC1. The van der Waals surface area contributed by atoms with Crippen LogP contribution in [0.3, 0.4) is 0 Å². The molecule has 1 aromatic carbocycles. The van der Waals surface area contributed by atoms with E-state index in [2.05, 4.69) is 9.97 Å². The van der Waals surface area contributed by atoms with Crippen molar-refractivity contribution >= 4 is 22.0 Å². The van der Waals surface area contributed by atoms with Gasteiger partial charge in [0.2, 0.25) is 15.9 Å². The highest BCUT2D eigenvalue weighted by atomic mass is 32.2. The van der Waals surface area contributed by atoms with Crippen LogP contribution in [0.15, 0.2) is 78.2 Å². The lowest BCUT2D eigenvalue weighted by molar-refractivity contribution is -0.127. The van der Waals surface area contributed by atoms with Crippen molar-refractivity contribution in [3.63, 3.8) is 0 Å². The topological polar surface area (TPSA) is 92.7 Å². The first-order valence-electron chi connectivity index (χ1n) is 10.2. The largest absolute Gasteiger partial charge is 0.453 e. The number of halogens is 1. The standard InChI is InChI=1S/C23H21FN4O4S/c24-21-15-18(5-7-22(21)32-19-3-1-9-25-16-19)6-8-23(29)27-11-13-28(14-12-27)33(30,31)20-4-2-10-26-17-20/h1-10,15-17H,11-14H2/b8-6+. The molecule has 0 N–H and O–H groups in total. The zero-order chi connectivity index (χ0) is 23.3. The average Bonchev–Trinajstić information content (AvgIpc) is 2.85. The molecule has 2 aromatic heterocycles. The molecule has 0 spiro atoms. The fourth-order valence-corrected chi connectivity index (χ4v) is 4.70. The number of carbonyl (C=O) groups is 1. The maximum Gasteiger partial charge on any atom is 0.246 e. The lowest BCUT2D eigenvalue weighted by atomic mass is 10.2. The minimum absolute atomic E-state index is 0.0532. The normalized spacial score (nSPS) is 15.0. The highest BCUT2D eigenvalue weighted by molar-refractivity contribution is 7.89. The van der Waals surface area contributed by atoms with Crippen LogP contribution < -0.4 is 4.74 Å². The Morgan fingerprint density at radius 1 is 1.00 bits per heavy atom. The molecule has 1 aliphatic heterocycles. The summed E-state index contributed by atoms with van der Waals surface area (Å²) in [5, 5.41) is 0. The van der Waals surface area contributed by atoms with Crippen molar-refractivity contribution in [2.45, 2.75) is 4.90 Å². The monoisotopic (exact) mass is 468 g/mol. The number of nitrogens with zero attached hydrogens (tertiary/aromatic N) is 4. The number of benzene rings is 1. The zero-order valence-electron chi connectivity index (χ0n) is 17.5. The van der Waals surface area contributed by atoms with E-state index in [4.69, 9.17) is 4.74 Å². The number of pyridine rings is 2. The number of hydrogen-bond donors (Lipinski definition) is 0. The van der Waals surface area contributed by atoms with Crippen molar-refractivity contribution in [2.24, 2.45) is 0 Å². The van der Waals surface area contributed by atoms with E-state index in [0.29, 0.717) is 11.3 Å². The first kappa shape index (κ1) is 22.6. The van der Waals surface area contributed by atoms with E-state index in [9.17, 15) is 17.6 Å². The molecule has 3 heterocycles. The Kier molecular flexibility index (Phi) is 6.76. The van der Waals surface area contributed by atoms with E-state index >= 15 is 0 Å². The molecule has 4 rings (SSSR count). The molecule has 0 aliphatic carbocycles. The highest BCUT2D eigenvalue weighted by Gasteiger charge is 2.29. The van der Waals surface area contributed by atoms with Gasteiger partial charge in [0, 0.05) is 50.8 Å². The molecule has 10 heteroatoms. The van der Waals surface area contributed by atoms with Crippen molar-refractivity contribution < 1.29 is 22.3 Å². The Bertz CT molecular complexity index is 1250. The molecule has 0 unspecified atom stereocenters. The number of piperazine rings is 1. The van der Waals surface area contributed by atoms with Crippen LogP contribution in [0.25, 0.3) is 6.08 Å². The molecule has 1 amide bonds. The lowest BCUT2D eigenvalue weighted by Gasteiger charge is -2.33. The maximum atomic E-state index is 14.4. The van der Waals surface area contributed by atoms with Gasteiger partial charge < -0.3 is 9.64 Å². The van der Waals surface area contributed by atoms with Gasteiger partial charge in [-0.2, -0.15) is 4.31 Å². The van der Waals surface area contributed by atoms with E-state index in [1.165, 1.54) is 53.2 Å². The Labute approximate surface area is 191 Å². The summed E-state index contributed by atoms with van der Waals surface area (Å²) < 4.78 is 46.5. The fraction of sp³-hybridized carbons (Fsp3) is 0.174. The summed E-state index contributed by atoms with van der Waals surface area (Å²) in [6, 6.07) is 10.8. The second-order valence-electron chi connectivity index (χ2n) is 7.23. The summed E-state index contributed by atoms with van der Waals surface area (Å²) in [5.74, 6) is -0.371. The number of carbonyl (C=O) groups excluding carboxylic acids is 1. The van der Waals surface area contributed by atoms with Gasteiger partial charge in [-0.1, -0.05) is 6.07 Å². The Morgan fingerprint density at radius 2 is 1.73 bits per heavy atom. The van der Waals surface area contributed by atoms with Crippen molar-refractivity contribution in [1.29, 1.82) is 0 Å². The number of amides is 1. The van der Waals surface area contributed by atoms with Crippen LogP contribution in [0.1, 0.15) is 5.56 Å². The molecule has 0 bridgehead atoms. The van der Waals surface area contributed by atoms with E-state index in [1.807, 2.05) is 0 Å². The number of ether oxygens (including phenoxy) is 1. The van der Waals surface area contributed by atoms with Crippen LogP contribution in [0.4, 0.5) is 4.39 Å². The van der Waals surface area contributed by atoms with Crippen LogP contribution in [-0.4, -0.2) is 59.7 Å². The van der Waals surface area contributed by atoms with Gasteiger partial charge in [0.25, 0.3) is 0 Å². The number of aromatic nitrogens is 2.